The van der Waals surface area contributed by atoms with Crippen molar-refractivity contribution in [2.75, 3.05) is 20.8 Å². The molecule has 36 heavy (non-hydrogen) atoms. The molecule has 8 atom stereocenters. The fourth-order valence-electron chi connectivity index (χ4n) is 10.1. The van der Waals surface area contributed by atoms with Gasteiger partial charge in [-0.05, 0) is 63.0 Å². The SMILES string of the molecule is CCOC(=O)N1C2C34CCC(OC)(C(C(C)(O)C(C)(C)C)C3)C3Oc5c(OC)ccc6c5[C@@]34C[C@]21C6. The molecule has 2 heterocycles. The number of fused-ring (bicyclic) bond motifs is 2. The summed E-state index contributed by atoms with van der Waals surface area (Å²) in [5, 5.41) is 12.2. The van der Waals surface area contributed by atoms with Crippen molar-refractivity contribution >= 4 is 6.09 Å². The smallest absolute Gasteiger partial charge is 0.410 e. The number of benzene rings is 1. The molecule has 0 aromatic heterocycles. The van der Waals surface area contributed by atoms with Crippen molar-refractivity contribution in [3.05, 3.63) is 23.3 Å². The van der Waals surface area contributed by atoms with Crippen molar-refractivity contribution in [1.82, 2.24) is 4.90 Å². The first-order chi connectivity index (χ1) is 16.9. The molecule has 4 saturated carbocycles. The maximum Gasteiger partial charge on any atom is 0.410 e. The first-order valence-electron chi connectivity index (χ1n) is 13.5. The Labute approximate surface area is 213 Å². The molecule has 1 N–H and O–H groups in total. The van der Waals surface area contributed by atoms with Crippen LogP contribution in [0.3, 0.4) is 0 Å². The number of aliphatic hydroxyl groups is 1. The van der Waals surface area contributed by atoms with Gasteiger partial charge in [-0.3, -0.25) is 4.90 Å². The fourth-order valence-corrected chi connectivity index (χ4v) is 10.1. The number of hydrogen-bond acceptors (Lipinski definition) is 6. The summed E-state index contributed by atoms with van der Waals surface area (Å²) < 4.78 is 25.0. The summed E-state index contributed by atoms with van der Waals surface area (Å²) in [6.07, 6.45) is 3.75. The summed E-state index contributed by atoms with van der Waals surface area (Å²) >= 11 is 0. The largest absolute Gasteiger partial charge is 0.493 e. The maximum atomic E-state index is 13.3. The summed E-state index contributed by atoms with van der Waals surface area (Å²) in [5.41, 5.74) is -0.211. The van der Waals surface area contributed by atoms with Crippen LogP contribution in [0, 0.1) is 16.7 Å². The van der Waals surface area contributed by atoms with E-state index >= 15 is 0 Å². The molecule has 1 aromatic rings. The molecule has 8 rings (SSSR count). The van der Waals surface area contributed by atoms with Gasteiger partial charge in [0, 0.05) is 29.4 Å². The lowest BCUT2D eigenvalue weighted by Gasteiger charge is -2.69. The summed E-state index contributed by atoms with van der Waals surface area (Å²) in [6, 6.07) is 4.26. The zero-order valence-corrected chi connectivity index (χ0v) is 22.6. The van der Waals surface area contributed by atoms with E-state index < -0.39 is 11.2 Å². The zero-order chi connectivity index (χ0) is 25.7. The third-order valence-corrected chi connectivity index (χ3v) is 11.8. The zero-order valence-electron chi connectivity index (χ0n) is 22.6. The van der Waals surface area contributed by atoms with Gasteiger partial charge in [0.05, 0.1) is 30.9 Å². The van der Waals surface area contributed by atoms with E-state index in [4.69, 9.17) is 18.9 Å². The van der Waals surface area contributed by atoms with Gasteiger partial charge >= 0.3 is 6.09 Å². The third-order valence-electron chi connectivity index (χ3n) is 11.8. The summed E-state index contributed by atoms with van der Waals surface area (Å²) in [6.45, 7) is 10.5. The molecular formula is C29H39NO6. The van der Waals surface area contributed by atoms with Crippen molar-refractivity contribution < 1.29 is 28.8 Å². The third kappa shape index (κ3) is 2.07. The molecule has 196 valence electrons. The first-order valence-corrected chi connectivity index (χ1v) is 13.5. The highest BCUT2D eigenvalue weighted by Gasteiger charge is 2.93. The van der Waals surface area contributed by atoms with Crippen LogP contribution < -0.4 is 9.47 Å². The molecule has 7 aliphatic rings. The molecule has 4 bridgehead atoms. The standard InChI is InChI=1S/C29H39NO6/c1-8-35-23(31)30-21-26-11-12-29(34-7,18(14-26)25(5,32)24(2,3)4)22-28(26)15-27(21,30)13-16-9-10-17(33-6)20(36-22)19(16)28/h9-10,18,21-22,32H,8,11-15H2,1-7H3/t18?,21?,22?,25?,26?,27-,28+,29?,30?/m1/s1. The van der Waals surface area contributed by atoms with E-state index in [0.717, 1.165) is 43.6 Å². The Bertz CT molecular complexity index is 1190. The molecule has 7 heteroatoms. The van der Waals surface area contributed by atoms with E-state index in [-0.39, 0.29) is 45.9 Å². The van der Waals surface area contributed by atoms with Crippen LogP contribution in [0.25, 0.3) is 0 Å². The highest BCUT2D eigenvalue weighted by atomic mass is 16.6. The van der Waals surface area contributed by atoms with Crippen molar-refractivity contribution in [2.24, 2.45) is 16.7 Å². The summed E-state index contributed by atoms with van der Waals surface area (Å²) in [7, 11) is 3.49. The molecule has 2 aliphatic heterocycles. The number of hydrogen-bond donors (Lipinski definition) is 1. The molecule has 0 radical (unpaired) electrons. The predicted octanol–water partition coefficient (Wildman–Crippen LogP) is 4.22. The Morgan fingerprint density at radius 2 is 1.97 bits per heavy atom. The molecule has 5 fully saturated rings. The van der Waals surface area contributed by atoms with Crippen LogP contribution in [0.15, 0.2) is 12.1 Å². The average Bonchev–Trinajstić information content (AvgIpc) is 3.20. The van der Waals surface area contributed by atoms with Crippen LogP contribution in [-0.4, -0.2) is 65.8 Å². The van der Waals surface area contributed by atoms with E-state index in [1.807, 2.05) is 19.9 Å². The van der Waals surface area contributed by atoms with E-state index in [9.17, 15) is 9.90 Å². The average molecular weight is 498 g/mol. The van der Waals surface area contributed by atoms with Gasteiger partial charge in [0.2, 0.25) is 0 Å². The fraction of sp³-hybridized carbons (Fsp3) is 0.759. The van der Waals surface area contributed by atoms with Crippen LogP contribution in [0.5, 0.6) is 11.5 Å². The number of ether oxygens (including phenoxy) is 4. The Kier molecular flexibility index (Phi) is 4.08. The molecule has 1 aromatic carbocycles. The Balaban J connectivity index is 1.50. The second-order valence-electron chi connectivity index (χ2n) is 13.5. The lowest BCUT2D eigenvalue weighted by atomic mass is 9.38. The first kappa shape index (κ1) is 23.2. The molecule has 5 aliphatic carbocycles. The Hall–Kier alpha value is -1.99. The van der Waals surface area contributed by atoms with Crippen LogP contribution in [-0.2, 0) is 21.3 Å². The van der Waals surface area contributed by atoms with Gasteiger partial charge in [-0.2, -0.15) is 0 Å². The van der Waals surface area contributed by atoms with Crippen molar-refractivity contribution in [2.45, 2.75) is 101 Å². The quantitative estimate of drug-likeness (QED) is 0.628. The van der Waals surface area contributed by atoms with Gasteiger partial charge in [-0.25, -0.2) is 4.79 Å². The number of carbonyl (C=O) groups excluding carboxylic acids is 1. The normalized spacial score (nSPS) is 43.9. The van der Waals surface area contributed by atoms with Gasteiger partial charge in [-0.15, -0.1) is 0 Å². The maximum absolute atomic E-state index is 13.3. The van der Waals surface area contributed by atoms with Gasteiger partial charge < -0.3 is 24.1 Å². The van der Waals surface area contributed by atoms with E-state index in [1.165, 1.54) is 11.1 Å². The second kappa shape index (κ2) is 6.35. The van der Waals surface area contributed by atoms with E-state index in [0.29, 0.717) is 6.61 Å². The lowest BCUT2D eigenvalue weighted by Crippen LogP contribution is -2.78. The molecule has 1 saturated heterocycles. The second-order valence-corrected chi connectivity index (χ2v) is 13.5. The van der Waals surface area contributed by atoms with Crippen LogP contribution in [0.1, 0.15) is 71.4 Å². The van der Waals surface area contributed by atoms with Crippen molar-refractivity contribution in [3.8, 4) is 11.5 Å². The topological polar surface area (TPSA) is 77.2 Å². The molecule has 1 amide bonds. The van der Waals surface area contributed by atoms with Crippen molar-refractivity contribution in [1.29, 1.82) is 0 Å². The minimum atomic E-state index is -1.00. The minimum absolute atomic E-state index is 0.0768. The number of carbonyl (C=O) groups is 1. The molecule has 3 spiro atoms. The van der Waals surface area contributed by atoms with Gasteiger partial charge in [0.25, 0.3) is 0 Å². The number of rotatable bonds is 4. The van der Waals surface area contributed by atoms with E-state index in [2.05, 4.69) is 31.7 Å². The summed E-state index contributed by atoms with van der Waals surface area (Å²) in [4.78, 5) is 15.4. The number of piperidine rings is 1. The van der Waals surface area contributed by atoms with E-state index in [1.54, 1.807) is 14.2 Å². The van der Waals surface area contributed by atoms with Crippen molar-refractivity contribution in [3.63, 3.8) is 0 Å². The molecule has 6 unspecified atom stereocenters. The number of methoxy groups -OCH3 is 2. The highest BCUT2D eigenvalue weighted by Crippen LogP contribution is 2.86. The van der Waals surface area contributed by atoms with Gasteiger partial charge in [0.15, 0.2) is 11.5 Å². The lowest BCUT2D eigenvalue weighted by molar-refractivity contribution is -0.290. The highest BCUT2D eigenvalue weighted by molar-refractivity contribution is 5.79. The van der Waals surface area contributed by atoms with Crippen LogP contribution in [0.4, 0.5) is 4.79 Å². The Morgan fingerprint density at radius 1 is 1.22 bits per heavy atom. The van der Waals surface area contributed by atoms with Crippen LogP contribution >= 0.6 is 0 Å². The van der Waals surface area contributed by atoms with Gasteiger partial charge in [0.1, 0.15) is 11.7 Å². The Morgan fingerprint density at radius 3 is 2.61 bits per heavy atom. The summed E-state index contributed by atoms with van der Waals surface area (Å²) in [5.74, 6) is 1.46. The number of nitrogens with zero attached hydrogens (tertiary/aromatic N) is 1. The monoisotopic (exact) mass is 497 g/mol. The molecular weight excluding hydrogens is 458 g/mol. The molecule has 7 nitrogen and oxygen atoms in total. The van der Waals surface area contributed by atoms with Crippen LogP contribution in [0.2, 0.25) is 0 Å². The van der Waals surface area contributed by atoms with Gasteiger partial charge in [-0.1, -0.05) is 26.8 Å². The minimum Gasteiger partial charge on any atom is -0.493 e. The predicted molar refractivity (Wildman–Crippen MR) is 132 cm³/mol. The number of likely N-dealkylation sites (tertiary alicyclic amines) is 1. The number of amides is 1.